The molecule has 5 heteroatoms. The van der Waals surface area contributed by atoms with Crippen molar-refractivity contribution in [3.05, 3.63) is 114 Å². The van der Waals surface area contributed by atoms with Crippen molar-refractivity contribution in [1.82, 2.24) is 15.0 Å². The minimum Gasteiger partial charge on any atom is -0.477 e. The number of rotatable bonds is 4. The molecule has 2 heterocycles. The van der Waals surface area contributed by atoms with E-state index >= 15 is 0 Å². The first-order chi connectivity index (χ1) is 12.8. The Bertz CT molecular complexity index is 860. The average Bonchev–Trinajstić information content (AvgIpc) is 3.39. The van der Waals surface area contributed by atoms with Gasteiger partial charge >= 0.3 is 5.97 Å². The second-order valence-corrected chi connectivity index (χ2v) is 5.63. The van der Waals surface area contributed by atoms with Crippen LogP contribution >= 0.6 is 0 Å². The van der Waals surface area contributed by atoms with Crippen molar-refractivity contribution in [3.63, 3.8) is 0 Å². The largest absolute Gasteiger partial charge is 0.477 e. The quantitative estimate of drug-likeness (QED) is 0.516. The van der Waals surface area contributed by atoms with Crippen LogP contribution in [-0.4, -0.2) is 26.0 Å². The highest BCUT2D eigenvalue weighted by molar-refractivity contribution is 5.85. The Morgan fingerprint density at radius 1 is 0.846 bits per heavy atom. The van der Waals surface area contributed by atoms with Crippen LogP contribution in [0, 0.1) is 0 Å². The van der Waals surface area contributed by atoms with Crippen molar-refractivity contribution in [3.8, 4) is 0 Å². The summed E-state index contributed by atoms with van der Waals surface area (Å²) in [7, 11) is 0. The molecule has 0 aliphatic rings. The van der Waals surface area contributed by atoms with E-state index in [1.54, 1.807) is 0 Å². The monoisotopic (exact) mass is 345 g/mol. The first-order valence-electron chi connectivity index (χ1n) is 8.21. The Morgan fingerprint density at radius 2 is 1.38 bits per heavy atom. The van der Waals surface area contributed by atoms with Gasteiger partial charge in [0.15, 0.2) is 0 Å². The molecule has 5 nitrogen and oxygen atoms in total. The average molecular weight is 345 g/mol. The summed E-state index contributed by atoms with van der Waals surface area (Å²) in [5.74, 6) is -0.487. The molecule has 0 amide bonds. The number of aromatic amines is 2. The SMILES string of the molecule is O=C(O)c1cnc(C(c2ccccc2)c2ccccc2)[nH]1.c1cc[nH]c1. The van der Waals surface area contributed by atoms with Gasteiger partial charge in [0.1, 0.15) is 11.5 Å². The van der Waals surface area contributed by atoms with E-state index < -0.39 is 5.97 Å². The predicted octanol–water partition coefficient (Wildman–Crippen LogP) is 4.30. The predicted molar refractivity (Wildman–Crippen MR) is 100 cm³/mol. The van der Waals surface area contributed by atoms with E-state index in [1.807, 2.05) is 85.2 Å². The maximum Gasteiger partial charge on any atom is 0.353 e. The van der Waals surface area contributed by atoms with E-state index in [0.717, 1.165) is 11.1 Å². The zero-order chi connectivity index (χ0) is 18.2. The fraction of sp³-hybridized carbons (Fsp3) is 0.0476. The van der Waals surface area contributed by atoms with Crippen LogP contribution in [0.15, 0.2) is 91.4 Å². The van der Waals surface area contributed by atoms with Gasteiger partial charge in [-0.2, -0.15) is 0 Å². The Balaban J connectivity index is 0.000000339. The van der Waals surface area contributed by atoms with E-state index in [2.05, 4.69) is 15.0 Å². The molecular formula is C21H19N3O2. The number of hydrogen-bond acceptors (Lipinski definition) is 2. The number of nitrogens with zero attached hydrogens (tertiary/aromatic N) is 1. The summed E-state index contributed by atoms with van der Waals surface area (Å²) in [4.78, 5) is 21.1. The van der Waals surface area contributed by atoms with Crippen LogP contribution in [-0.2, 0) is 0 Å². The summed E-state index contributed by atoms with van der Waals surface area (Å²) in [6, 6.07) is 23.7. The molecule has 130 valence electrons. The third-order valence-corrected chi connectivity index (χ3v) is 3.86. The van der Waals surface area contributed by atoms with Crippen LogP contribution in [0.1, 0.15) is 33.4 Å². The third kappa shape index (κ3) is 4.27. The van der Waals surface area contributed by atoms with Crippen molar-refractivity contribution in [1.29, 1.82) is 0 Å². The fourth-order valence-corrected chi connectivity index (χ4v) is 2.67. The zero-order valence-electron chi connectivity index (χ0n) is 14.0. The van der Waals surface area contributed by atoms with Crippen LogP contribution in [0.5, 0.6) is 0 Å². The standard InChI is InChI=1S/C17H14N2O2.C4H5N/c20-17(21)14-11-18-16(19-14)15(12-7-3-1-4-8-12)13-9-5-2-6-10-13;1-2-4-5-3-1/h1-11,15H,(H,18,19)(H,20,21);1-5H. The molecule has 0 saturated heterocycles. The molecule has 0 bridgehead atoms. The fourth-order valence-electron chi connectivity index (χ4n) is 2.67. The Kier molecular flexibility index (Phi) is 5.62. The van der Waals surface area contributed by atoms with Crippen molar-refractivity contribution in [2.75, 3.05) is 0 Å². The normalized spacial score (nSPS) is 10.2. The Labute approximate surface area is 151 Å². The third-order valence-electron chi connectivity index (χ3n) is 3.86. The first kappa shape index (κ1) is 17.2. The number of aromatic carboxylic acids is 1. The van der Waals surface area contributed by atoms with Gasteiger partial charge in [0.2, 0.25) is 0 Å². The summed E-state index contributed by atoms with van der Waals surface area (Å²) in [6.45, 7) is 0. The highest BCUT2D eigenvalue weighted by atomic mass is 16.4. The lowest BCUT2D eigenvalue weighted by Crippen LogP contribution is -2.06. The molecule has 2 aromatic carbocycles. The molecular weight excluding hydrogens is 326 g/mol. The number of carboxylic acid groups (broad SMARTS) is 1. The molecule has 0 aliphatic heterocycles. The molecule has 3 N–H and O–H groups in total. The highest BCUT2D eigenvalue weighted by Gasteiger charge is 2.20. The van der Waals surface area contributed by atoms with Crippen LogP contribution in [0.25, 0.3) is 0 Å². The van der Waals surface area contributed by atoms with Crippen LogP contribution in [0.2, 0.25) is 0 Å². The number of imidazole rings is 1. The van der Waals surface area contributed by atoms with Crippen molar-refractivity contribution in [2.45, 2.75) is 5.92 Å². The molecule has 0 fully saturated rings. The molecule has 0 unspecified atom stereocenters. The van der Waals surface area contributed by atoms with Crippen molar-refractivity contribution < 1.29 is 9.90 Å². The lowest BCUT2D eigenvalue weighted by Gasteiger charge is -2.15. The molecule has 4 rings (SSSR count). The maximum atomic E-state index is 11.0. The number of carboxylic acids is 1. The van der Waals surface area contributed by atoms with Crippen LogP contribution in [0.4, 0.5) is 0 Å². The molecule has 0 atom stereocenters. The summed E-state index contributed by atoms with van der Waals surface area (Å²) in [5.41, 5.74) is 2.23. The highest BCUT2D eigenvalue weighted by Crippen LogP contribution is 2.29. The number of aromatic nitrogens is 3. The lowest BCUT2D eigenvalue weighted by atomic mass is 9.91. The number of H-pyrrole nitrogens is 2. The van der Waals surface area contributed by atoms with E-state index in [-0.39, 0.29) is 11.6 Å². The lowest BCUT2D eigenvalue weighted by molar-refractivity contribution is 0.0691. The second-order valence-electron chi connectivity index (χ2n) is 5.63. The van der Waals surface area contributed by atoms with Crippen LogP contribution < -0.4 is 0 Å². The van der Waals surface area contributed by atoms with Gasteiger partial charge in [0.05, 0.1) is 12.1 Å². The van der Waals surface area contributed by atoms with Crippen molar-refractivity contribution in [2.24, 2.45) is 0 Å². The Hall–Kier alpha value is -3.60. The van der Waals surface area contributed by atoms with Crippen LogP contribution in [0.3, 0.4) is 0 Å². The van der Waals surface area contributed by atoms with Gasteiger partial charge in [-0.15, -0.1) is 0 Å². The molecule has 4 aromatic rings. The minimum absolute atomic E-state index is 0.0989. The molecule has 0 saturated carbocycles. The minimum atomic E-state index is -1.01. The Morgan fingerprint density at radius 3 is 1.77 bits per heavy atom. The summed E-state index contributed by atoms with van der Waals surface area (Å²) < 4.78 is 0. The molecule has 0 aliphatic carbocycles. The smallest absolute Gasteiger partial charge is 0.353 e. The van der Waals surface area contributed by atoms with Gasteiger partial charge in [-0.3, -0.25) is 0 Å². The summed E-state index contributed by atoms with van der Waals surface area (Å²) >= 11 is 0. The van der Waals surface area contributed by atoms with Crippen molar-refractivity contribution >= 4 is 5.97 Å². The second kappa shape index (κ2) is 8.48. The number of benzene rings is 2. The first-order valence-corrected chi connectivity index (χ1v) is 8.21. The van der Waals surface area contributed by atoms with E-state index in [0.29, 0.717) is 5.82 Å². The van der Waals surface area contributed by atoms with Gasteiger partial charge in [0.25, 0.3) is 0 Å². The van der Waals surface area contributed by atoms with Gasteiger partial charge in [-0.05, 0) is 23.3 Å². The summed E-state index contributed by atoms with van der Waals surface area (Å²) in [5, 5.41) is 9.05. The van der Waals surface area contributed by atoms with Gasteiger partial charge in [-0.25, -0.2) is 9.78 Å². The van der Waals surface area contributed by atoms with Gasteiger partial charge in [0, 0.05) is 12.4 Å². The molecule has 0 radical (unpaired) electrons. The van der Waals surface area contributed by atoms with E-state index in [9.17, 15) is 4.79 Å². The summed E-state index contributed by atoms with van der Waals surface area (Å²) in [6.07, 6.45) is 5.11. The number of nitrogens with one attached hydrogen (secondary N) is 2. The van der Waals surface area contributed by atoms with Gasteiger partial charge in [-0.1, -0.05) is 60.7 Å². The molecule has 2 aromatic heterocycles. The molecule has 0 spiro atoms. The topological polar surface area (TPSA) is 81.8 Å². The maximum absolute atomic E-state index is 11.0. The number of hydrogen-bond donors (Lipinski definition) is 3. The van der Waals surface area contributed by atoms with Gasteiger partial charge < -0.3 is 15.1 Å². The van der Waals surface area contributed by atoms with E-state index in [4.69, 9.17) is 5.11 Å². The molecule has 26 heavy (non-hydrogen) atoms. The number of carbonyl (C=O) groups is 1. The van der Waals surface area contributed by atoms with E-state index in [1.165, 1.54) is 6.20 Å². The zero-order valence-corrected chi connectivity index (χ0v) is 14.0.